The van der Waals surface area contributed by atoms with E-state index in [4.69, 9.17) is 11.6 Å². The second-order valence-corrected chi connectivity index (χ2v) is 13.5. The molecule has 0 saturated heterocycles. The number of halogens is 1. The highest BCUT2D eigenvalue weighted by atomic mass is 35.5. The zero-order valence-electron chi connectivity index (χ0n) is 24.1. The predicted molar refractivity (Wildman–Crippen MR) is 180 cm³/mol. The lowest BCUT2D eigenvalue weighted by molar-refractivity contribution is 0.0697. The van der Waals surface area contributed by atoms with Crippen molar-refractivity contribution in [1.82, 2.24) is 4.98 Å². The summed E-state index contributed by atoms with van der Waals surface area (Å²) in [6.45, 7) is 0.313. The average Bonchev–Trinajstić information content (AvgIpc) is 3.39. The molecule has 0 fully saturated rings. The van der Waals surface area contributed by atoms with Crippen molar-refractivity contribution in [2.24, 2.45) is 0 Å². The van der Waals surface area contributed by atoms with Gasteiger partial charge in [-0.15, -0.1) is 0 Å². The number of carboxylic acid groups (broad SMARTS) is 1. The van der Waals surface area contributed by atoms with Gasteiger partial charge in [0.1, 0.15) is 10.0 Å². The molecule has 0 bridgehead atoms. The van der Waals surface area contributed by atoms with Crippen molar-refractivity contribution in [3.05, 3.63) is 130 Å². The third-order valence-corrected chi connectivity index (χ3v) is 8.75. The number of thiazole rings is 1. The second-order valence-electron chi connectivity index (χ2n) is 10.2. The molecule has 45 heavy (non-hydrogen) atoms. The number of amides is 2. The van der Waals surface area contributed by atoms with E-state index < -0.39 is 22.0 Å². The smallest absolute Gasteiger partial charge is 0.335 e. The van der Waals surface area contributed by atoms with Crippen LogP contribution in [0.25, 0.3) is 11.3 Å². The first kappa shape index (κ1) is 31.7. The molecule has 3 N–H and O–H groups in total. The Morgan fingerprint density at radius 1 is 0.889 bits per heavy atom. The van der Waals surface area contributed by atoms with Gasteiger partial charge in [-0.05, 0) is 53.9 Å². The minimum absolute atomic E-state index is 0.00191. The van der Waals surface area contributed by atoms with E-state index in [1.165, 1.54) is 12.1 Å². The number of rotatable bonds is 11. The Balaban J connectivity index is 1.40. The SMILES string of the molecule is CS(=O)(=O)Nc1ccc(-c2nc(NC(=O)N(CCC(c3ccccc3)c3ccccc3)c3ccc(C(=O)O)cc3)sc2Cl)cc1. The molecular weight excluding hydrogens is 632 g/mol. The summed E-state index contributed by atoms with van der Waals surface area (Å²) in [5.74, 6) is -1.06. The Morgan fingerprint density at radius 2 is 1.47 bits per heavy atom. The maximum atomic E-state index is 13.8. The van der Waals surface area contributed by atoms with Crippen molar-refractivity contribution >= 4 is 61.5 Å². The number of benzene rings is 4. The fourth-order valence-corrected chi connectivity index (χ4v) is 6.53. The maximum Gasteiger partial charge on any atom is 0.335 e. The third kappa shape index (κ3) is 8.27. The molecule has 0 aliphatic rings. The van der Waals surface area contributed by atoms with E-state index in [-0.39, 0.29) is 16.6 Å². The molecule has 0 atom stereocenters. The van der Waals surface area contributed by atoms with Crippen molar-refractivity contribution in [2.75, 3.05) is 27.7 Å². The summed E-state index contributed by atoms with van der Waals surface area (Å²) in [5, 5.41) is 12.5. The number of hydrogen-bond acceptors (Lipinski definition) is 6. The highest BCUT2D eigenvalue weighted by Gasteiger charge is 2.23. The van der Waals surface area contributed by atoms with Crippen molar-refractivity contribution in [1.29, 1.82) is 0 Å². The maximum absolute atomic E-state index is 13.8. The van der Waals surface area contributed by atoms with Gasteiger partial charge in [0, 0.05) is 29.4 Å². The van der Waals surface area contributed by atoms with Crippen LogP contribution in [-0.2, 0) is 10.0 Å². The Bertz CT molecular complexity index is 1840. The molecule has 0 spiro atoms. The number of nitrogens with zero attached hydrogens (tertiary/aromatic N) is 2. The van der Waals surface area contributed by atoms with Gasteiger partial charge < -0.3 is 5.11 Å². The van der Waals surface area contributed by atoms with Crippen LogP contribution in [0.1, 0.15) is 33.8 Å². The molecule has 1 aromatic heterocycles. The van der Waals surface area contributed by atoms with Crippen LogP contribution in [0.4, 0.5) is 21.3 Å². The molecule has 230 valence electrons. The first-order valence-corrected chi connectivity index (χ1v) is 16.9. The van der Waals surface area contributed by atoms with Crippen LogP contribution in [0.3, 0.4) is 0 Å². The summed E-state index contributed by atoms with van der Waals surface area (Å²) < 4.78 is 25.8. The highest BCUT2D eigenvalue weighted by molar-refractivity contribution is 7.92. The monoisotopic (exact) mass is 660 g/mol. The summed E-state index contributed by atoms with van der Waals surface area (Å²) in [5.41, 5.74) is 4.33. The van der Waals surface area contributed by atoms with Gasteiger partial charge in [0.15, 0.2) is 5.13 Å². The molecule has 5 rings (SSSR count). The third-order valence-electron chi connectivity index (χ3n) is 6.98. The van der Waals surface area contributed by atoms with E-state index >= 15 is 0 Å². The Kier molecular flexibility index (Phi) is 9.82. The van der Waals surface area contributed by atoms with E-state index in [0.717, 1.165) is 28.7 Å². The summed E-state index contributed by atoms with van der Waals surface area (Å²) in [7, 11) is -3.42. The number of hydrogen-bond donors (Lipinski definition) is 3. The second kappa shape index (κ2) is 13.9. The van der Waals surface area contributed by atoms with Gasteiger partial charge in [-0.2, -0.15) is 0 Å². The zero-order valence-corrected chi connectivity index (χ0v) is 26.4. The topological polar surface area (TPSA) is 129 Å². The molecule has 12 heteroatoms. The lowest BCUT2D eigenvalue weighted by Crippen LogP contribution is -2.36. The van der Waals surface area contributed by atoms with E-state index in [1.807, 2.05) is 36.4 Å². The lowest BCUT2D eigenvalue weighted by Gasteiger charge is -2.26. The zero-order chi connectivity index (χ0) is 32.0. The van der Waals surface area contributed by atoms with Crippen molar-refractivity contribution in [2.45, 2.75) is 12.3 Å². The molecular formula is C33H29ClN4O5S2. The van der Waals surface area contributed by atoms with Crippen LogP contribution < -0.4 is 14.9 Å². The molecule has 4 aromatic carbocycles. The van der Waals surface area contributed by atoms with Gasteiger partial charge in [-0.25, -0.2) is 23.0 Å². The largest absolute Gasteiger partial charge is 0.478 e. The van der Waals surface area contributed by atoms with Gasteiger partial charge in [-0.1, -0.05) is 95.7 Å². The Labute approximate surface area is 270 Å². The molecule has 5 aromatic rings. The standard InChI is InChI=1S/C33H29ClN4O5S2/c1-45(42,43)37-26-16-12-24(13-17-26)29-30(34)44-32(35-29)36-33(41)38(27-18-14-25(15-19-27)31(39)40)21-20-28(22-8-4-2-5-9-22)23-10-6-3-7-11-23/h2-19,28,37H,20-21H2,1H3,(H,39,40)(H,35,36,41). The van der Waals surface area contributed by atoms with Crippen LogP contribution in [0.2, 0.25) is 4.34 Å². The lowest BCUT2D eigenvalue weighted by atomic mass is 9.88. The molecule has 0 aliphatic heterocycles. The van der Waals surface area contributed by atoms with Gasteiger partial charge in [0.25, 0.3) is 0 Å². The number of urea groups is 1. The van der Waals surface area contributed by atoms with Crippen molar-refractivity contribution in [3.8, 4) is 11.3 Å². The fraction of sp³-hybridized carbons (Fsp3) is 0.121. The van der Waals surface area contributed by atoms with Crippen LogP contribution in [0.15, 0.2) is 109 Å². The number of sulfonamides is 1. The summed E-state index contributed by atoms with van der Waals surface area (Å²) in [6, 6.07) is 32.4. The summed E-state index contributed by atoms with van der Waals surface area (Å²) in [4.78, 5) is 31.4. The quantitative estimate of drug-likeness (QED) is 0.133. The van der Waals surface area contributed by atoms with Crippen LogP contribution in [0, 0.1) is 0 Å². The van der Waals surface area contributed by atoms with Crippen LogP contribution in [0.5, 0.6) is 0 Å². The van der Waals surface area contributed by atoms with Gasteiger partial charge in [0.2, 0.25) is 10.0 Å². The molecule has 2 amide bonds. The van der Waals surface area contributed by atoms with Crippen LogP contribution in [-0.4, -0.2) is 43.3 Å². The van der Waals surface area contributed by atoms with Gasteiger partial charge in [-0.3, -0.25) is 14.9 Å². The number of nitrogens with one attached hydrogen (secondary N) is 2. The minimum Gasteiger partial charge on any atom is -0.478 e. The highest BCUT2D eigenvalue weighted by Crippen LogP contribution is 2.36. The van der Waals surface area contributed by atoms with Gasteiger partial charge >= 0.3 is 12.0 Å². The molecule has 0 unspecified atom stereocenters. The number of carbonyl (C=O) groups excluding carboxylic acids is 1. The molecule has 0 radical (unpaired) electrons. The van der Waals surface area contributed by atoms with Gasteiger partial charge in [0.05, 0.1) is 11.8 Å². The van der Waals surface area contributed by atoms with E-state index in [9.17, 15) is 23.1 Å². The van der Waals surface area contributed by atoms with E-state index in [0.29, 0.717) is 39.9 Å². The first-order chi connectivity index (χ1) is 21.6. The molecule has 0 aliphatic carbocycles. The van der Waals surface area contributed by atoms with Crippen LogP contribution >= 0.6 is 22.9 Å². The fourth-order valence-electron chi connectivity index (χ4n) is 4.89. The molecule has 9 nitrogen and oxygen atoms in total. The number of carboxylic acids is 1. The number of aromatic nitrogens is 1. The molecule has 1 heterocycles. The van der Waals surface area contributed by atoms with E-state index in [2.05, 4.69) is 39.3 Å². The molecule has 0 saturated carbocycles. The Hall–Kier alpha value is -4.71. The van der Waals surface area contributed by atoms with Crippen molar-refractivity contribution < 1.29 is 23.1 Å². The minimum atomic E-state index is -3.42. The number of anilines is 3. The first-order valence-electron chi connectivity index (χ1n) is 13.8. The Morgan fingerprint density at radius 3 is 2.00 bits per heavy atom. The summed E-state index contributed by atoms with van der Waals surface area (Å²) >= 11 is 7.61. The number of aromatic carboxylic acids is 1. The summed E-state index contributed by atoms with van der Waals surface area (Å²) in [6.07, 6.45) is 1.65. The average molecular weight is 661 g/mol. The van der Waals surface area contributed by atoms with Crippen molar-refractivity contribution in [3.63, 3.8) is 0 Å². The van der Waals surface area contributed by atoms with E-state index in [1.54, 1.807) is 41.3 Å². The predicted octanol–water partition coefficient (Wildman–Crippen LogP) is 7.79. The normalized spacial score (nSPS) is 11.3. The number of carbonyl (C=O) groups is 2.